The lowest BCUT2D eigenvalue weighted by atomic mass is 9.82. The lowest BCUT2D eigenvalue weighted by Crippen LogP contribution is -2.14. The molecule has 0 unspecified atom stereocenters. The molecule has 98 valence electrons. The van der Waals surface area contributed by atoms with Gasteiger partial charge >= 0.3 is 5.97 Å². The molecule has 0 spiro atoms. The van der Waals surface area contributed by atoms with E-state index in [9.17, 15) is 4.79 Å². The molecule has 1 aliphatic rings. The number of hydrogen-bond acceptors (Lipinski definition) is 2. The highest BCUT2D eigenvalue weighted by Crippen LogP contribution is 2.40. The number of carboxylic acid groups (broad SMARTS) is 1. The van der Waals surface area contributed by atoms with Crippen LogP contribution in [0.5, 0.6) is 5.75 Å². The molecule has 0 aliphatic heterocycles. The van der Waals surface area contributed by atoms with Crippen molar-refractivity contribution in [3.8, 4) is 5.75 Å². The highest BCUT2D eigenvalue weighted by molar-refractivity contribution is 5.90. The number of carbonyl (C=O) groups is 1. The summed E-state index contributed by atoms with van der Waals surface area (Å²) in [5, 5.41) is 9.04. The SMILES string of the molecule is COc1cc(CC2(C)CCCC2)ccc1C(=O)O. The second-order valence-electron chi connectivity index (χ2n) is 5.53. The molecule has 0 saturated heterocycles. The second-order valence-corrected chi connectivity index (χ2v) is 5.53. The molecule has 1 N–H and O–H groups in total. The molecule has 1 aromatic rings. The first-order valence-electron chi connectivity index (χ1n) is 6.44. The Balaban J connectivity index is 2.22. The first-order chi connectivity index (χ1) is 8.54. The van der Waals surface area contributed by atoms with Crippen LogP contribution in [0.1, 0.15) is 48.5 Å². The van der Waals surface area contributed by atoms with Gasteiger partial charge in [0.15, 0.2) is 0 Å². The van der Waals surface area contributed by atoms with Gasteiger partial charge in [-0.05, 0) is 42.4 Å². The van der Waals surface area contributed by atoms with Crippen molar-refractivity contribution in [1.82, 2.24) is 0 Å². The summed E-state index contributed by atoms with van der Waals surface area (Å²) < 4.78 is 5.16. The molecule has 3 heteroatoms. The van der Waals surface area contributed by atoms with Gasteiger partial charge < -0.3 is 9.84 Å². The van der Waals surface area contributed by atoms with Crippen LogP contribution in [-0.2, 0) is 6.42 Å². The Morgan fingerprint density at radius 2 is 2.06 bits per heavy atom. The fourth-order valence-electron chi connectivity index (χ4n) is 2.92. The molecule has 18 heavy (non-hydrogen) atoms. The van der Waals surface area contributed by atoms with Crippen LogP contribution in [0.4, 0.5) is 0 Å². The second kappa shape index (κ2) is 5.01. The van der Waals surface area contributed by atoms with Crippen molar-refractivity contribution in [2.24, 2.45) is 5.41 Å². The number of rotatable bonds is 4. The van der Waals surface area contributed by atoms with E-state index >= 15 is 0 Å². The summed E-state index contributed by atoms with van der Waals surface area (Å²) in [6.45, 7) is 2.32. The zero-order chi connectivity index (χ0) is 13.2. The van der Waals surface area contributed by atoms with E-state index in [4.69, 9.17) is 9.84 Å². The van der Waals surface area contributed by atoms with Crippen LogP contribution >= 0.6 is 0 Å². The summed E-state index contributed by atoms with van der Waals surface area (Å²) in [5.41, 5.74) is 1.77. The van der Waals surface area contributed by atoms with E-state index in [0.29, 0.717) is 11.2 Å². The third-order valence-electron chi connectivity index (χ3n) is 3.94. The van der Waals surface area contributed by atoms with Crippen molar-refractivity contribution < 1.29 is 14.6 Å². The van der Waals surface area contributed by atoms with Crippen LogP contribution in [-0.4, -0.2) is 18.2 Å². The smallest absolute Gasteiger partial charge is 0.339 e. The molecule has 0 radical (unpaired) electrons. The monoisotopic (exact) mass is 248 g/mol. The molecule has 0 atom stereocenters. The van der Waals surface area contributed by atoms with Gasteiger partial charge in [0, 0.05) is 0 Å². The summed E-state index contributed by atoms with van der Waals surface area (Å²) in [4.78, 5) is 11.0. The van der Waals surface area contributed by atoms with Gasteiger partial charge in [-0.2, -0.15) is 0 Å². The summed E-state index contributed by atoms with van der Waals surface area (Å²) in [5.74, 6) is -0.480. The minimum Gasteiger partial charge on any atom is -0.496 e. The van der Waals surface area contributed by atoms with Gasteiger partial charge in [0.25, 0.3) is 0 Å². The summed E-state index contributed by atoms with van der Waals surface area (Å²) in [6, 6.07) is 5.43. The van der Waals surface area contributed by atoms with Gasteiger partial charge in [0.2, 0.25) is 0 Å². The van der Waals surface area contributed by atoms with Crippen molar-refractivity contribution in [2.75, 3.05) is 7.11 Å². The Labute approximate surface area is 108 Å². The van der Waals surface area contributed by atoms with Gasteiger partial charge in [-0.3, -0.25) is 0 Å². The first-order valence-corrected chi connectivity index (χ1v) is 6.44. The molecule has 2 rings (SSSR count). The van der Waals surface area contributed by atoms with Gasteiger partial charge in [-0.1, -0.05) is 25.8 Å². The maximum atomic E-state index is 11.0. The Bertz CT molecular complexity index is 445. The fourth-order valence-corrected chi connectivity index (χ4v) is 2.92. The van der Waals surface area contributed by atoms with E-state index in [1.54, 1.807) is 6.07 Å². The summed E-state index contributed by atoms with van der Waals surface area (Å²) >= 11 is 0. The van der Waals surface area contributed by atoms with E-state index in [1.165, 1.54) is 38.4 Å². The van der Waals surface area contributed by atoms with Crippen molar-refractivity contribution in [1.29, 1.82) is 0 Å². The van der Waals surface area contributed by atoms with Crippen LogP contribution in [0.2, 0.25) is 0 Å². The number of benzene rings is 1. The third kappa shape index (κ3) is 2.66. The quantitative estimate of drug-likeness (QED) is 0.886. The normalized spacial score (nSPS) is 17.7. The number of aromatic carboxylic acids is 1. The lowest BCUT2D eigenvalue weighted by Gasteiger charge is -2.23. The van der Waals surface area contributed by atoms with E-state index in [1.807, 2.05) is 12.1 Å². The zero-order valence-electron chi connectivity index (χ0n) is 11.0. The van der Waals surface area contributed by atoms with E-state index in [0.717, 1.165) is 6.42 Å². The van der Waals surface area contributed by atoms with Crippen molar-refractivity contribution in [2.45, 2.75) is 39.0 Å². The minimum atomic E-state index is -0.939. The standard InChI is InChI=1S/C15H20O3/c1-15(7-3-4-8-15)10-11-5-6-12(14(16)17)13(9-11)18-2/h5-6,9H,3-4,7-8,10H2,1-2H3,(H,16,17). The molecule has 3 nitrogen and oxygen atoms in total. The first kappa shape index (κ1) is 12.9. The van der Waals surface area contributed by atoms with E-state index < -0.39 is 5.97 Å². The molecule has 0 bridgehead atoms. The van der Waals surface area contributed by atoms with Crippen molar-refractivity contribution >= 4 is 5.97 Å². The van der Waals surface area contributed by atoms with Gasteiger partial charge in [0.05, 0.1) is 7.11 Å². The fraction of sp³-hybridized carbons (Fsp3) is 0.533. The topological polar surface area (TPSA) is 46.5 Å². The van der Waals surface area contributed by atoms with Crippen LogP contribution in [0.25, 0.3) is 0 Å². The molecule has 1 aromatic carbocycles. The molecule has 0 heterocycles. The predicted octanol–water partition coefficient (Wildman–Crippen LogP) is 3.52. The largest absolute Gasteiger partial charge is 0.496 e. The van der Waals surface area contributed by atoms with Gasteiger partial charge in [-0.15, -0.1) is 0 Å². The zero-order valence-corrected chi connectivity index (χ0v) is 11.0. The Morgan fingerprint density at radius 1 is 1.39 bits per heavy atom. The highest BCUT2D eigenvalue weighted by Gasteiger charge is 2.29. The summed E-state index contributed by atoms with van der Waals surface area (Å²) in [6.07, 6.45) is 6.14. The highest BCUT2D eigenvalue weighted by atomic mass is 16.5. The minimum absolute atomic E-state index is 0.234. The summed E-state index contributed by atoms with van der Waals surface area (Å²) in [7, 11) is 1.52. The van der Waals surface area contributed by atoms with E-state index in [2.05, 4.69) is 6.92 Å². The Morgan fingerprint density at radius 3 is 2.61 bits per heavy atom. The van der Waals surface area contributed by atoms with Crippen molar-refractivity contribution in [3.05, 3.63) is 29.3 Å². The van der Waals surface area contributed by atoms with Crippen LogP contribution in [0, 0.1) is 5.41 Å². The van der Waals surface area contributed by atoms with Gasteiger partial charge in [-0.25, -0.2) is 4.79 Å². The average molecular weight is 248 g/mol. The maximum Gasteiger partial charge on any atom is 0.339 e. The number of methoxy groups -OCH3 is 1. The molecule has 1 saturated carbocycles. The third-order valence-corrected chi connectivity index (χ3v) is 3.94. The van der Waals surface area contributed by atoms with Crippen LogP contribution < -0.4 is 4.74 Å². The maximum absolute atomic E-state index is 11.0. The molecule has 1 aliphatic carbocycles. The number of hydrogen-bond donors (Lipinski definition) is 1. The number of carboxylic acids is 1. The van der Waals surface area contributed by atoms with Crippen LogP contribution in [0.15, 0.2) is 18.2 Å². The number of ether oxygens (including phenoxy) is 1. The molecular formula is C15H20O3. The molecule has 1 fully saturated rings. The van der Waals surface area contributed by atoms with Gasteiger partial charge in [0.1, 0.15) is 11.3 Å². The average Bonchev–Trinajstić information content (AvgIpc) is 2.75. The van der Waals surface area contributed by atoms with Crippen LogP contribution in [0.3, 0.4) is 0 Å². The molecule has 0 aromatic heterocycles. The Kier molecular flexibility index (Phi) is 3.60. The predicted molar refractivity (Wildman–Crippen MR) is 70.2 cm³/mol. The molecular weight excluding hydrogens is 228 g/mol. The lowest BCUT2D eigenvalue weighted by molar-refractivity contribution is 0.0693. The van der Waals surface area contributed by atoms with E-state index in [-0.39, 0.29) is 5.56 Å². The van der Waals surface area contributed by atoms with Crippen molar-refractivity contribution in [3.63, 3.8) is 0 Å². The Hall–Kier alpha value is -1.51. The molecule has 0 amide bonds.